The molecule has 1 aromatic carbocycles. The molecule has 0 heterocycles. The topological polar surface area (TPSA) is 29.4 Å². The van der Waals surface area contributed by atoms with Crippen molar-refractivity contribution < 1.29 is 4.21 Å². The van der Waals surface area contributed by atoms with E-state index < -0.39 is 11.0 Å². The van der Waals surface area contributed by atoms with Crippen LogP contribution in [0.15, 0.2) is 28.7 Å². The van der Waals surface area contributed by atoms with Crippen LogP contribution in [0.1, 0.15) is 38.8 Å². The molecule has 0 bridgehead atoms. The molecule has 0 spiro atoms. The van der Waals surface area contributed by atoms with Crippen LogP contribution in [0.3, 0.4) is 0 Å². The number of benzene rings is 1. The third-order valence-electron chi connectivity index (χ3n) is 2.21. The molecule has 0 aliphatic rings. The Bertz CT molecular complexity index is 387. The second-order valence-electron chi connectivity index (χ2n) is 4.69. The Balaban J connectivity index is 2.73. The van der Waals surface area contributed by atoms with Gasteiger partial charge in [0, 0.05) is 6.21 Å². The van der Waals surface area contributed by atoms with Gasteiger partial charge >= 0.3 is 0 Å². The molecular formula is C13H19NOS. The maximum Gasteiger partial charge on any atom is 0.144 e. The molecule has 3 heteroatoms. The van der Waals surface area contributed by atoms with E-state index >= 15 is 0 Å². The van der Waals surface area contributed by atoms with Gasteiger partial charge in [-0.15, -0.1) is 0 Å². The third-order valence-corrected chi connectivity index (χ3v) is 3.55. The van der Waals surface area contributed by atoms with Crippen LogP contribution in [-0.2, 0) is 17.4 Å². The van der Waals surface area contributed by atoms with Gasteiger partial charge in [-0.25, -0.2) is 4.21 Å². The van der Waals surface area contributed by atoms with Crippen LogP contribution in [-0.4, -0.2) is 15.2 Å². The summed E-state index contributed by atoms with van der Waals surface area (Å²) in [4.78, 5) is 0. The monoisotopic (exact) mass is 237 g/mol. The lowest BCUT2D eigenvalue weighted by Gasteiger charge is -2.12. The van der Waals surface area contributed by atoms with E-state index in [4.69, 9.17) is 0 Å². The number of rotatable bonds is 3. The van der Waals surface area contributed by atoms with Gasteiger partial charge in [-0.2, -0.15) is 4.40 Å². The molecule has 0 aromatic heterocycles. The minimum absolute atomic E-state index is 0.292. The van der Waals surface area contributed by atoms with Crippen molar-refractivity contribution in [3.63, 3.8) is 0 Å². The highest BCUT2D eigenvalue weighted by Crippen LogP contribution is 2.12. The highest BCUT2D eigenvalue weighted by molar-refractivity contribution is 7.85. The normalized spacial score (nSPS) is 14.2. The van der Waals surface area contributed by atoms with Crippen molar-refractivity contribution in [3.05, 3.63) is 35.4 Å². The fraction of sp³-hybridized carbons (Fsp3) is 0.462. The largest absolute Gasteiger partial charge is 0.234 e. The molecule has 0 aliphatic heterocycles. The quantitative estimate of drug-likeness (QED) is 0.743. The number of nitrogens with zero attached hydrogens (tertiary/aromatic N) is 1. The Morgan fingerprint density at radius 1 is 1.25 bits per heavy atom. The van der Waals surface area contributed by atoms with Crippen LogP contribution in [0.5, 0.6) is 0 Å². The first-order valence-corrected chi connectivity index (χ1v) is 6.59. The van der Waals surface area contributed by atoms with Crippen molar-refractivity contribution in [3.8, 4) is 0 Å². The van der Waals surface area contributed by atoms with Crippen LogP contribution in [0, 0.1) is 0 Å². The standard InChI is InChI=1S/C13H19NOS/c1-5-11-6-8-12(9-7-11)10-14-16(15)13(2,3)4/h6-10H,5H2,1-4H3. The first-order chi connectivity index (χ1) is 7.43. The number of hydrogen-bond donors (Lipinski definition) is 0. The molecule has 1 atom stereocenters. The molecule has 2 nitrogen and oxygen atoms in total. The predicted molar refractivity (Wildman–Crippen MR) is 71.3 cm³/mol. The van der Waals surface area contributed by atoms with E-state index in [0.29, 0.717) is 0 Å². The lowest BCUT2D eigenvalue weighted by atomic mass is 10.1. The summed E-state index contributed by atoms with van der Waals surface area (Å²) in [5, 5.41) is 0. The first kappa shape index (κ1) is 13.1. The van der Waals surface area contributed by atoms with Crippen LogP contribution in [0.4, 0.5) is 0 Å². The minimum Gasteiger partial charge on any atom is -0.234 e. The molecule has 1 unspecified atom stereocenters. The number of aryl methyl sites for hydroxylation is 1. The second-order valence-corrected chi connectivity index (χ2v) is 6.63. The molecule has 0 saturated carbocycles. The zero-order chi connectivity index (χ0) is 12.2. The molecule has 0 saturated heterocycles. The minimum atomic E-state index is -1.18. The van der Waals surface area contributed by atoms with Gasteiger partial charge in [0.05, 0.1) is 4.75 Å². The molecule has 16 heavy (non-hydrogen) atoms. The summed E-state index contributed by atoms with van der Waals surface area (Å²) in [5.74, 6) is 0. The van der Waals surface area contributed by atoms with Crippen molar-refractivity contribution in [1.82, 2.24) is 0 Å². The molecule has 1 rings (SSSR count). The van der Waals surface area contributed by atoms with Gasteiger partial charge in [0.2, 0.25) is 0 Å². The Labute approximate surface area is 100 Å². The van der Waals surface area contributed by atoms with Gasteiger partial charge in [0.15, 0.2) is 0 Å². The van der Waals surface area contributed by atoms with Gasteiger partial charge in [-0.3, -0.25) is 0 Å². The summed E-state index contributed by atoms with van der Waals surface area (Å²) < 4.78 is 15.5. The van der Waals surface area contributed by atoms with E-state index in [1.165, 1.54) is 5.56 Å². The Morgan fingerprint density at radius 3 is 2.25 bits per heavy atom. The Morgan fingerprint density at radius 2 is 1.81 bits per heavy atom. The van der Waals surface area contributed by atoms with Crippen molar-refractivity contribution in [2.24, 2.45) is 4.40 Å². The van der Waals surface area contributed by atoms with Crippen LogP contribution in [0.2, 0.25) is 0 Å². The van der Waals surface area contributed by atoms with Crippen molar-refractivity contribution >= 4 is 17.2 Å². The van der Waals surface area contributed by atoms with Crippen LogP contribution in [0.25, 0.3) is 0 Å². The highest BCUT2D eigenvalue weighted by Gasteiger charge is 2.17. The summed E-state index contributed by atoms with van der Waals surface area (Å²) >= 11 is 0. The average molecular weight is 237 g/mol. The van der Waals surface area contributed by atoms with E-state index in [1.807, 2.05) is 32.9 Å². The van der Waals surface area contributed by atoms with Gasteiger partial charge in [0.1, 0.15) is 11.0 Å². The average Bonchev–Trinajstić information content (AvgIpc) is 2.25. The molecule has 0 amide bonds. The summed E-state index contributed by atoms with van der Waals surface area (Å²) in [6, 6.07) is 8.15. The van der Waals surface area contributed by atoms with Crippen molar-refractivity contribution in [2.75, 3.05) is 0 Å². The van der Waals surface area contributed by atoms with Crippen LogP contribution < -0.4 is 0 Å². The van der Waals surface area contributed by atoms with Crippen LogP contribution >= 0.6 is 0 Å². The molecule has 0 fully saturated rings. The lowest BCUT2D eigenvalue weighted by molar-refractivity contribution is 0.651. The molecule has 0 N–H and O–H groups in total. The zero-order valence-corrected chi connectivity index (χ0v) is 11.2. The summed E-state index contributed by atoms with van der Waals surface area (Å²) in [6.07, 6.45) is 2.71. The lowest BCUT2D eigenvalue weighted by Crippen LogP contribution is -2.19. The van der Waals surface area contributed by atoms with E-state index in [1.54, 1.807) is 6.21 Å². The zero-order valence-electron chi connectivity index (χ0n) is 10.4. The fourth-order valence-electron chi connectivity index (χ4n) is 1.11. The first-order valence-electron chi connectivity index (χ1n) is 5.48. The SMILES string of the molecule is CCc1ccc(C=NS(=O)C(C)(C)C)cc1. The molecule has 88 valence electrons. The maximum atomic E-state index is 11.7. The van der Waals surface area contributed by atoms with Gasteiger partial charge in [0.25, 0.3) is 0 Å². The maximum absolute atomic E-state index is 11.7. The van der Waals surface area contributed by atoms with Crippen molar-refractivity contribution in [2.45, 2.75) is 38.9 Å². The third kappa shape index (κ3) is 3.89. The van der Waals surface area contributed by atoms with E-state index in [2.05, 4.69) is 23.5 Å². The van der Waals surface area contributed by atoms with Gasteiger partial charge in [-0.1, -0.05) is 31.2 Å². The van der Waals surface area contributed by atoms with E-state index in [-0.39, 0.29) is 4.75 Å². The molecule has 0 aliphatic carbocycles. The highest BCUT2D eigenvalue weighted by atomic mass is 32.2. The van der Waals surface area contributed by atoms with E-state index in [0.717, 1.165) is 12.0 Å². The predicted octanol–water partition coefficient (Wildman–Crippen LogP) is 3.13. The summed E-state index contributed by atoms with van der Waals surface area (Å²) in [7, 11) is -1.18. The summed E-state index contributed by atoms with van der Waals surface area (Å²) in [5.41, 5.74) is 2.30. The second kappa shape index (κ2) is 5.39. The van der Waals surface area contributed by atoms with Crippen molar-refractivity contribution in [1.29, 1.82) is 0 Å². The Hall–Kier alpha value is -0.960. The molecule has 1 aromatic rings. The van der Waals surface area contributed by atoms with Gasteiger partial charge in [-0.05, 0) is 38.3 Å². The smallest absolute Gasteiger partial charge is 0.144 e. The Kier molecular flexibility index (Phi) is 4.42. The molecular weight excluding hydrogens is 218 g/mol. The van der Waals surface area contributed by atoms with Gasteiger partial charge < -0.3 is 0 Å². The van der Waals surface area contributed by atoms with E-state index in [9.17, 15) is 4.21 Å². The molecule has 0 radical (unpaired) electrons. The number of hydrogen-bond acceptors (Lipinski definition) is 1. The fourth-order valence-corrected chi connectivity index (χ4v) is 1.64. The summed E-state index contributed by atoms with van der Waals surface area (Å²) in [6.45, 7) is 7.87.